The van der Waals surface area contributed by atoms with Gasteiger partial charge in [-0.05, 0) is 49.9 Å². The van der Waals surface area contributed by atoms with Crippen LogP contribution in [0.4, 0.5) is 5.69 Å². The molecule has 1 aliphatic heterocycles. The Kier molecular flexibility index (Phi) is 4.77. The number of benzene rings is 1. The molecule has 1 N–H and O–H groups in total. The molecule has 0 spiro atoms. The van der Waals surface area contributed by atoms with E-state index >= 15 is 0 Å². The second-order valence-electron chi connectivity index (χ2n) is 5.48. The molecule has 0 bridgehead atoms. The molecule has 0 saturated carbocycles. The van der Waals surface area contributed by atoms with Gasteiger partial charge in [-0.1, -0.05) is 0 Å². The van der Waals surface area contributed by atoms with Crippen molar-refractivity contribution < 1.29 is 18.0 Å². The van der Waals surface area contributed by atoms with Crippen LogP contribution in [0.15, 0.2) is 24.3 Å². The Balaban J connectivity index is 1.86. The van der Waals surface area contributed by atoms with Gasteiger partial charge in [-0.15, -0.1) is 0 Å². The van der Waals surface area contributed by atoms with E-state index in [0.29, 0.717) is 30.5 Å². The van der Waals surface area contributed by atoms with Gasteiger partial charge in [0.15, 0.2) is 5.78 Å². The molecule has 1 saturated heterocycles. The summed E-state index contributed by atoms with van der Waals surface area (Å²) in [5.41, 5.74) is 1.25. The fraction of sp³-hybridized carbons (Fsp3) is 0.467. The van der Waals surface area contributed by atoms with Crippen molar-refractivity contribution in [1.29, 1.82) is 0 Å². The van der Waals surface area contributed by atoms with Crippen LogP contribution in [0, 0.1) is 5.92 Å². The van der Waals surface area contributed by atoms with Gasteiger partial charge in [0, 0.05) is 17.7 Å². The molecule has 2 rings (SSSR count). The Morgan fingerprint density at radius 2 is 1.71 bits per heavy atom. The molecule has 1 fully saturated rings. The average molecular weight is 309 g/mol. The first kappa shape index (κ1) is 15.7. The maximum atomic E-state index is 11.9. The monoisotopic (exact) mass is 309 g/mol. The lowest BCUT2D eigenvalue weighted by atomic mass is 9.98. The van der Waals surface area contributed by atoms with Crippen LogP contribution in [0.1, 0.15) is 36.5 Å². The Labute approximate surface area is 124 Å². The van der Waals surface area contributed by atoms with Crippen LogP contribution in [-0.2, 0) is 14.6 Å². The van der Waals surface area contributed by atoms with E-state index in [9.17, 15) is 18.0 Å². The van der Waals surface area contributed by atoms with E-state index < -0.39 is 9.84 Å². The van der Waals surface area contributed by atoms with Gasteiger partial charge in [-0.2, -0.15) is 0 Å². The molecule has 0 radical (unpaired) electrons. The number of rotatable bonds is 4. The van der Waals surface area contributed by atoms with Gasteiger partial charge in [-0.25, -0.2) is 8.42 Å². The van der Waals surface area contributed by atoms with Gasteiger partial charge in [0.25, 0.3) is 0 Å². The molecule has 0 aromatic heterocycles. The van der Waals surface area contributed by atoms with E-state index in [4.69, 9.17) is 0 Å². The van der Waals surface area contributed by atoms with Gasteiger partial charge in [-0.3, -0.25) is 9.59 Å². The molecular weight excluding hydrogens is 290 g/mol. The lowest BCUT2D eigenvalue weighted by Crippen LogP contribution is -2.26. The SMILES string of the molecule is CC(=O)c1ccc(NC(=O)CC2CCS(=O)(=O)CC2)cc1. The number of Topliss-reactive ketones (excluding diaryl/α,β-unsaturated/α-hetero) is 1. The molecule has 0 atom stereocenters. The number of amides is 1. The molecule has 114 valence electrons. The van der Waals surface area contributed by atoms with Gasteiger partial charge in [0.2, 0.25) is 5.91 Å². The molecule has 1 aromatic rings. The van der Waals surface area contributed by atoms with Gasteiger partial charge in [0.05, 0.1) is 11.5 Å². The molecule has 1 amide bonds. The topological polar surface area (TPSA) is 80.3 Å². The van der Waals surface area contributed by atoms with Crippen LogP contribution in [-0.4, -0.2) is 31.6 Å². The van der Waals surface area contributed by atoms with Gasteiger partial charge in [0.1, 0.15) is 9.84 Å². The summed E-state index contributed by atoms with van der Waals surface area (Å²) in [5.74, 6) is 0.354. The summed E-state index contributed by atoms with van der Waals surface area (Å²) in [6.07, 6.45) is 1.45. The minimum Gasteiger partial charge on any atom is -0.326 e. The zero-order valence-corrected chi connectivity index (χ0v) is 12.8. The Morgan fingerprint density at radius 1 is 1.14 bits per heavy atom. The van der Waals surface area contributed by atoms with Crippen LogP contribution >= 0.6 is 0 Å². The normalized spacial score (nSPS) is 18.1. The largest absolute Gasteiger partial charge is 0.326 e. The van der Waals surface area contributed by atoms with E-state index in [1.807, 2.05) is 0 Å². The Morgan fingerprint density at radius 3 is 2.24 bits per heavy atom. The van der Waals surface area contributed by atoms with Crippen molar-refractivity contribution in [1.82, 2.24) is 0 Å². The quantitative estimate of drug-likeness (QED) is 0.863. The van der Waals surface area contributed by atoms with Crippen molar-refractivity contribution in [3.63, 3.8) is 0 Å². The smallest absolute Gasteiger partial charge is 0.224 e. The van der Waals surface area contributed by atoms with Crippen molar-refractivity contribution in [2.75, 3.05) is 16.8 Å². The summed E-state index contributed by atoms with van der Waals surface area (Å²) >= 11 is 0. The minimum absolute atomic E-state index is 0.0173. The van der Waals surface area contributed by atoms with Crippen molar-refractivity contribution in [2.24, 2.45) is 5.92 Å². The summed E-state index contributed by atoms with van der Waals surface area (Å²) < 4.78 is 22.7. The Bertz CT molecular complexity index is 620. The second kappa shape index (κ2) is 6.39. The number of hydrogen-bond acceptors (Lipinski definition) is 4. The number of carbonyl (C=O) groups excluding carboxylic acids is 2. The van der Waals surface area contributed by atoms with Crippen molar-refractivity contribution in [3.05, 3.63) is 29.8 Å². The molecule has 5 nitrogen and oxygen atoms in total. The zero-order chi connectivity index (χ0) is 15.5. The highest BCUT2D eigenvalue weighted by atomic mass is 32.2. The molecule has 1 aliphatic rings. The van der Waals surface area contributed by atoms with Crippen LogP contribution in [0.3, 0.4) is 0 Å². The number of hydrogen-bond donors (Lipinski definition) is 1. The van der Waals surface area contributed by atoms with Crippen molar-refractivity contribution in [3.8, 4) is 0 Å². The summed E-state index contributed by atoms with van der Waals surface area (Å²) in [6, 6.07) is 6.73. The highest BCUT2D eigenvalue weighted by Gasteiger charge is 2.25. The predicted molar refractivity (Wildman–Crippen MR) is 81.1 cm³/mol. The van der Waals surface area contributed by atoms with Crippen molar-refractivity contribution in [2.45, 2.75) is 26.2 Å². The molecular formula is C15H19NO4S. The first-order chi connectivity index (χ1) is 9.85. The van der Waals surface area contributed by atoms with Gasteiger partial charge < -0.3 is 5.32 Å². The third-order valence-corrected chi connectivity index (χ3v) is 5.44. The molecule has 21 heavy (non-hydrogen) atoms. The first-order valence-corrected chi connectivity index (χ1v) is 8.79. The number of nitrogens with one attached hydrogen (secondary N) is 1. The third-order valence-electron chi connectivity index (χ3n) is 3.72. The number of sulfone groups is 1. The van der Waals surface area contributed by atoms with Crippen LogP contribution in [0.25, 0.3) is 0 Å². The summed E-state index contributed by atoms with van der Waals surface area (Å²) in [6.45, 7) is 1.49. The maximum Gasteiger partial charge on any atom is 0.224 e. The molecule has 6 heteroatoms. The minimum atomic E-state index is -2.89. The van der Waals surface area contributed by atoms with E-state index in [1.54, 1.807) is 24.3 Å². The number of carbonyl (C=O) groups is 2. The fourth-order valence-corrected chi connectivity index (χ4v) is 3.99. The number of anilines is 1. The fourth-order valence-electron chi connectivity index (χ4n) is 2.41. The summed E-state index contributed by atoms with van der Waals surface area (Å²) in [5, 5.41) is 2.78. The first-order valence-electron chi connectivity index (χ1n) is 6.97. The maximum absolute atomic E-state index is 11.9. The predicted octanol–water partition coefficient (Wildman–Crippen LogP) is 2.04. The van der Waals surface area contributed by atoms with E-state index in [1.165, 1.54) is 6.92 Å². The molecule has 0 unspecified atom stereocenters. The second-order valence-corrected chi connectivity index (χ2v) is 7.78. The van der Waals surface area contributed by atoms with E-state index in [-0.39, 0.29) is 29.1 Å². The lowest BCUT2D eigenvalue weighted by molar-refractivity contribution is -0.117. The summed E-state index contributed by atoms with van der Waals surface area (Å²) in [7, 11) is -2.89. The molecule has 1 heterocycles. The highest BCUT2D eigenvalue weighted by Crippen LogP contribution is 2.22. The zero-order valence-electron chi connectivity index (χ0n) is 12.0. The average Bonchev–Trinajstić information content (AvgIpc) is 2.42. The van der Waals surface area contributed by atoms with Gasteiger partial charge >= 0.3 is 0 Å². The van der Waals surface area contributed by atoms with E-state index in [2.05, 4.69) is 5.32 Å². The highest BCUT2D eigenvalue weighted by molar-refractivity contribution is 7.91. The third kappa shape index (κ3) is 4.67. The Hall–Kier alpha value is -1.69. The molecule has 0 aliphatic carbocycles. The van der Waals surface area contributed by atoms with Crippen molar-refractivity contribution >= 4 is 27.2 Å². The number of ketones is 1. The molecule has 1 aromatic carbocycles. The van der Waals surface area contributed by atoms with Crippen LogP contribution in [0.2, 0.25) is 0 Å². The van der Waals surface area contributed by atoms with Crippen LogP contribution < -0.4 is 5.32 Å². The van der Waals surface area contributed by atoms with E-state index in [0.717, 1.165) is 0 Å². The standard InChI is InChI=1S/C15H19NO4S/c1-11(17)13-2-4-14(5-3-13)16-15(18)10-12-6-8-21(19,20)9-7-12/h2-5,12H,6-10H2,1H3,(H,16,18). The lowest BCUT2D eigenvalue weighted by Gasteiger charge is -2.21. The summed E-state index contributed by atoms with van der Waals surface area (Å²) in [4.78, 5) is 23.1. The van der Waals surface area contributed by atoms with Crippen LogP contribution in [0.5, 0.6) is 0 Å².